The van der Waals surface area contributed by atoms with E-state index in [0.717, 1.165) is 16.7 Å². The zero-order valence-electron chi connectivity index (χ0n) is 16.8. The van der Waals surface area contributed by atoms with Crippen LogP contribution in [0.25, 0.3) is 11.4 Å². The van der Waals surface area contributed by atoms with Gasteiger partial charge in [0.1, 0.15) is 12.3 Å². The van der Waals surface area contributed by atoms with Gasteiger partial charge in [-0.15, -0.1) is 10.2 Å². The van der Waals surface area contributed by atoms with Crippen molar-refractivity contribution < 1.29 is 9.53 Å². The summed E-state index contributed by atoms with van der Waals surface area (Å²) in [5.41, 5.74) is 5.80. The number of tetrazole rings is 1. The Morgan fingerprint density at radius 2 is 1.65 bits per heavy atom. The van der Waals surface area contributed by atoms with Gasteiger partial charge >= 0.3 is 0 Å². The van der Waals surface area contributed by atoms with Gasteiger partial charge in [0.25, 0.3) is 5.91 Å². The minimum atomic E-state index is -0.362. The molecular weight excluding hydrogens is 392 g/mol. The fraction of sp³-hybridized carbons (Fsp3) is 0.0870. The number of benzene rings is 3. The van der Waals surface area contributed by atoms with E-state index in [-0.39, 0.29) is 12.5 Å². The number of hydrazone groups is 1. The smallest absolute Gasteiger partial charge is 0.263 e. The Balaban J connectivity index is 1.49. The summed E-state index contributed by atoms with van der Waals surface area (Å²) in [5.74, 6) is 0.735. The standard InChI is InChI=1S/C23H20N6O2/c1-31-20-14-8-13-19(15-20)23-26-28-29(27-23)16-21(30)24-25-22(17-9-4-2-5-10-17)18-11-6-3-7-12-18/h2-15H,16H2,1H3,(H,24,30). The third-order valence-electron chi connectivity index (χ3n) is 4.45. The summed E-state index contributed by atoms with van der Waals surface area (Å²) in [5, 5.41) is 16.6. The summed E-state index contributed by atoms with van der Waals surface area (Å²) in [6, 6.07) is 26.7. The fourth-order valence-electron chi connectivity index (χ4n) is 2.96. The first-order valence-corrected chi connectivity index (χ1v) is 9.62. The van der Waals surface area contributed by atoms with Crippen molar-refractivity contribution in [2.75, 3.05) is 7.11 Å². The second kappa shape index (κ2) is 9.45. The van der Waals surface area contributed by atoms with E-state index >= 15 is 0 Å². The lowest BCUT2D eigenvalue weighted by Gasteiger charge is -2.07. The Morgan fingerprint density at radius 1 is 0.968 bits per heavy atom. The predicted molar refractivity (Wildman–Crippen MR) is 116 cm³/mol. The van der Waals surface area contributed by atoms with Crippen LogP contribution in [0.15, 0.2) is 90.0 Å². The van der Waals surface area contributed by atoms with Crippen molar-refractivity contribution >= 4 is 11.6 Å². The van der Waals surface area contributed by atoms with Crippen LogP contribution in [-0.4, -0.2) is 38.9 Å². The zero-order valence-corrected chi connectivity index (χ0v) is 16.8. The average Bonchev–Trinajstić information content (AvgIpc) is 3.29. The molecule has 0 radical (unpaired) electrons. The summed E-state index contributed by atoms with van der Waals surface area (Å²) >= 11 is 0. The SMILES string of the molecule is COc1cccc(-c2nnn(CC(=O)NN=C(c3ccccc3)c3ccccc3)n2)c1. The van der Waals surface area contributed by atoms with E-state index < -0.39 is 0 Å². The van der Waals surface area contributed by atoms with Crippen molar-refractivity contribution in [2.24, 2.45) is 5.10 Å². The Bertz CT molecular complexity index is 1150. The minimum absolute atomic E-state index is 0.114. The van der Waals surface area contributed by atoms with E-state index in [9.17, 15) is 4.79 Å². The van der Waals surface area contributed by atoms with Gasteiger partial charge in [0.2, 0.25) is 5.82 Å². The number of nitrogens with one attached hydrogen (secondary N) is 1. The molecule has 8 heteroatoms. The van der Waals surface area contributed by atoms with E-state index in [1.807, 2.05) is 78.9 Å². The van der Waals surface area contributed by atoms with Crippen molar-refractivity contribution in [3.8, 4) is 17.1 Å². The predicted octanol–water partition coefficient (Wildman–Crippen LogP) is 2.92. The summed E-state index contributed by atoms with van der Waals surface area (Å²) in [6.45, 7) is -0.114. The molecule has 0 aliphatic rings. The molecular formula is C23H20N6O2. The molecule has 4 rings (SSSR count). The fourth-order valence-corrected chi connectivity index (χ4v) is 2.96. The van der Waals surface area contributed by atoms with Gasteiger partial charge in [-0.3, -0.25) is 4.79 Å². The summed E-state index contributed by atoms with van der Waals surface area (Å²) in [4.78, 5) is 13.7. The molecule has 0 aliphatic carbocycles. The maximum atomic E-state index is 12.5. The highest BCUT2D eigenvalue weighted by Gasteiger charge is 2.11. The Labute approximate surface area is 179 Å². The van der Waals surface area contributed by atoms with Crippen molar-refractivity contribution in [3.63, 3.8) is 0 Å². The second-order valence-corrected chi connectivity index (χ2v) is 6.60. The number of amides is 1. The lowest BCUT2D eigenvalue weighted by molar-refractivity contribution is -0.122. The largest absolute Gasteiger partial charge is 0.497 e. The zero-order chi connectivity index (χ0) is 21.5. The Morgan fingerprint density at radius 3 is 2.29 bits per heavy atom. The lowest BCUT2D eigenvalue weighted by Crippen LogP contribution is -2.26. The third kappa shape index (κ3) is 4.99. The van der Waals surface area contributed by atoms with Crippen LogP contribution in [0.3, 0.4) is 0 Å². The van der Waals surface area contributed by atoms with Crippen LogP contribution in [0.1, 0.15) is 11.1 Å². The van der Waals surface area contributed by atoms with Crippen LogP contribution >= 0.6 is 0 Å². The summed E-state index contributed by atoms with van der Waals surface area (Å²) in [7, 11) is 1.59. The molecule has 1 amide bonds. The molecule has 0 saturated heterocycles. The van der Waals surface area contributed by atoms with Crippen LogP contribution < -0.4 is 10.2 Å². The van der Waals surface area contributed by atoms with E-state index in [1.54, 1.807) is 13.2 Å². The number of methoxy groups -OCH3 is 1. The van der Waals surface area contributed by atoms with Crippen LogP contribution in [-0.2, 0) is 11.3 Å². The first-order valence-electron chi connectivity index (χ1n) is 9.62. The molecule has 0 spiro atoms. The van der Waals surface area contributed by atoms with Crippen LogP contribution in [0.4, 0.5) is 0 Å². The molecule has 1 heterocycles. The highest BCUT2D eigenvalue weighted by Crippen LogP contribution is 2.19. The van der Waals surface area contributed by atoms with Crippen LogP contribution in [0, 0.1) is 0 Å². The topological polar surface area (TPSA) is 94.3 Å². The van der Waals surface area contributed by atoms with E-state index in [2.05, 4.69) is 25.9 Å². The van der Waals surface area contributed by atoms with Crippen LogP contribution in [0.5, 0.6) is 5.75 Å². The number of nitrogens with zero attached hydrogens (tertiary/aromatic N) is 5. The second-order valence-electron chi connectivity index (χ2n) is 6.60. The molecule has 0 bridgehead atoms. The minimum Gasteiger partial charge on any atom is -0.497 e. The number of hydrogen-bond donors (Lipinski definition) is 1. The molecule has 0 aliphatic heterocycles. The summed E-state index contributed by atoms with van der Waals surface area (Å²) < 4.78 is 5.21. The number of rotatable bonds is 7. The highest BCUT2D eigenvalue weighted by atomic mass is 16.5. The lowest BCUT2D eigenvalue weighted by atomic mass is 10.0. The monoisotopic (exact) mass is 412 g/mol. The van der Waals surface area contributed by atoms with E-state index in [0.29, 0.717) is 17.3 Å². The van der Waals surface area contributed by atoms with Crippen LogP contribution in [0.2, 0.25) is 0 Å². The van der Waals surface area contributed by atoms with E-state index in [1.165, 1.54) is 4.80 Å². The molecule has 0 fully saturated rings. The van der Waals surface area contributed by atoms with Crippen molar-refractivity contribution in [1.29, 1.82) is 0 Å². The maximum absolute atomic E-state index is 12.5. The normalized spacial score (nSPS) is 10.4. The quantitative estimate of drug-likeness (QED) is 0.372. The number of ether oxygens (including phenoxy) is 1. The first kappa shape index (κ1) is 20.0. The van der Waals surface area contributed by atoms with Crippen molar-refractivity contribution in [3.05, 3.63) is 96.1 Å². The molecule has 1 N–H and O–H groups in total. The molecule has 1 aromatic heterocycles. The molecule has 8 nitrogen and oxygen atoms in total. The number of carbonyl (C=O) groups excluding carboxylic acids is 1. The van der Waals surface area contributed by atoms with Gasteiger partial charge in [-0.2, -0.15) is 9.90 Å². The van der Waals surface area contributed by atoms with Crippen molar-refractivity contribution in [2.45, 2.75) is 6.54 Å². The molecule has 0 unspecified atom stereocenters. The van der Waals surface area contributed by atoms with Crippen molar-refractivity contribution in [1.82, 2.24) is 25.6 Å². The summed E-state index contributed by atoms with van der Waals surface area (Å²) in [6.07, 6.45) is 0. The van der Waals surface area contributed by atoms with Gasteiger partial charge in [0, 0.05) is 16.7 Å². The average molecular weight is 412 g/mol. The number of aromatic nitrogens is 4. The van der Waals surface area contributed by atoms with Gasteiger partial charge in [-0.1, -0.05) is 72.8 Å². The number of carbonyl (C=O) groups is 1. The Kier molecular flexibility index (Phi) is 6.08. The third-order valence-corrected chi connectivity index (χ3v) is 4.45. The highest BCUT2D eigenvalue weighted by molar-refractivity contribution is 6.13. The molecule has 0 atom stereocenters. The maximum Gasteiger partial charge on any atom is 0.263 e. The molecule has 0 saturated carbocycles. The molecule has 4 aromatic rings. The Hall–Kier alpha value is -4.33. The van der Waals surface area contributed by atoms with Gasteiger partial charge in [0.15, 0.2) is 0 Å². The van der Waals surface area contributed by atoms with Gasteiger partial charge in [-0.25, -0.2) is 5.43 Å². The molecule has 154 valence electrons. The van der Waals surface area contributed by atoms with Gasteiger partial charge in [-0.05, 0) is 17.3 Å². The molecule has 31 heavy (non-hydrogen) atoms. The van der Waals surface area contributed by atoms with Gasteiger partial charge < -0.3 is 4.74 Å². The van der Waals surface area contributed by atoms with E-state index in [4.69, 9.17) is 4.74 Å². The van der Waals surface area contributed by atoms with Gasteiger partial charge in [0.05, 0.1) is 12.8 Å². The molecule has 3 aromatic carbocycles. The first-order chi connectivity index (χ1) is 15.2. The number of hydrogen-bond acceptors (Lipinski definition) is 6.